The van der Waals surface area contributed by atoms with E-state index in [4.69, 9.17) is 5.73 Å². The Labute approximate surface area is 159 Å². The molecular weight excluding hydrogens is 330 g/mol. The van der Waals surface area contributed by atoms with Crippen LogP contribution in [0.3, 0.4) is 0 Å². The van der Waals surface area contributed by atoms with Gasteiger partial charge in [0.15, 0.2) is 0 Å². The minimum atomic E-state index is 0.600. The van der Waals surface area contributed by atoms with E-state index in [0.29, 0.717) is 24.3 Å². The molecule has 4 rings (SSSR count). The molecule has 1 heterocycles. The molecule has 0 saturated carbocycles. The van der Waals surface area contributed by atoms with Crippen LogP contribution in [0.25, 0.3) is 10.8 Å². The molecule has 132 valence electrons. The molecule has 3 heteroatoms. The Bertz CT molecular complexity index is 1140. The quantitative estimate of drug-likeness (QED) is 0.560. The summed E-state index contributed by atoms with van der Waals surface area (Å²) < 4.78 is 2.05. The van der Waals surface area contributed by atoms with Gasteiger partial charge in [0.1, 0.15) is 11.8 Å². The van der Waals surface area contributed by atoms with E-state index in [2.05, 4.69) is 72.2 Å². The maximum absolute atomic E-state index is 9.62. The molecule has 0 atom stereocenters. The number of nitriles is 1. The first-order chi connectivity index (χ1) is 13.2. The summed E-state index contributed by atoms with van der Waals surface area (Å²) in [6.45, 7) is 2.71. The maximum Gasteiger partial charge on any atom is 0.122 e. The molecular formula is C24H21N3. The summed E-state index contributed by atoms with van der Waals surface area (Å²) in [5.41, 5.74) is 12.2. The van der Waals surface area contributed by atoms with Crippen LogP contribution in [0.1, 0.15) is 28.1 Å². The SMILES string of the molecule is Cc1ccc(Cc2c(N)cc(C#N)n2Cc2cccc3ccccc23)cc1. The van der Waals surface area contributed by atoms with Crippen LogP contribution in [0.15, 0.2) is 72.8 Å². The summed E-state index contributed by atoms with van der Waals surface area (Å²) in [4.78, 5) is 0. The molecule has 1 aromatic heterocycles. The standard InChI is InChI=1S/C24H21N3/c1-17-9-11-18(12-10-17)13-24-23(26)14-21(15-25)27(24)16-20-7-4-6-19-5-2-3-8-22(19)20/h2-12,14H,13,16,26H2,1H3. The van der Waals surface area contributed by atoms with Crippen molar-refractivity contribution in [2.45, 2.75) is 19.9 Å². The summed E-state index contributed by atoms with van der Waals surface area (Å²) in [6.07, 6.45) is 0.707. The van der Waals surface area contributed by atoms with Crippen LogP contribution < -0.4 is 5.73 Å². The van der Waals surface area contributed by atoms with Crippen molar-refractivity contribution in [3.63, 3.8) is 0 Å². The van der Waals surface area contributed by atoms with Gasteiger partial charge >= 0.3 is 0 Å². The number of rotatable bonds is 4. The van der Waals surface area contributed by atoms with E-state index >= 15 is 0 Å². The van der Waals surface area contributed by atoms with Crippen molar-refractivity contribution in [1.29, 1.82) is 5.26 Å². The topological polar surface area (TPSA) is 54.7 Å². The molecule has 0 aliphatic rings. The van der Waals surface area contributed by atoms with Crippen LogP contribution in [0.4, 0.5) is 5.69 Å². The van der Waals surface area contributed by atoms with Gasteiger partial charge in [-0.3, -0.25) is 0 Å². The van der Waals surface area contributed by atoms with E-state index in [9.17, 15) is 5.26 Å². The minimum absolute atomic E-state index is 0.600. The lowest BCUT2D eigenvalue weighted by Gasteiger charge is -2.14. The monoisotopic (exact) mass is 351 g/mol. The van der Waals surface area contributed by atoms with Crippen LogP contribution in [-0.4, -0.2) is 4.57 Å². The lowest BCUT2D eigenvalue weighted by atomic mass is 10.0. The average molecular weight is 351 g/mol. The van der Waals surface area contributed by atoms with E-state index in [1.54, 1.807) is 6.07 Å². The van der Waals surface area contributed by atoms with Crippen molar-refractivity contribution < 1.29 is 0 Å². The Morgan fingerprint density at radius 3 is 2.48 bits per heavy atom. The second-order valence-corrected chi connectivity index (χ2v) is 6.93. The third-order valence-corrected chi connectivity index (χ3v) is 5.06. The predicted molar refractivity (Wildman–Crippen MR) is 111 cm³/mol. The Morgan fingerprint density at radius 2 is 1.70 bits per heavy atom. The molecule has 2 N–H and O–H groups in total. The van der Waals surface area contributed by atoms with Crippen molar-refractivity contribution in [2.24, 2.45) is 0 Å². The molecule has 27 heavy (non-hydrogen) atoms. The fourth-order valence-electron chi connectivity index (χ4n) is 3.58. The van der Waals surface area contributed by atoms with E-state index < -0.39 is 0 Å². The predicted octanol–water partition coefficient (Wildman–Crippen LogP) is 5.04. The number of benzene rings is 3. The number of hydrogen-bond donors (Lipinski definition) is 1. The van der Waals surface area contributed by atoms with Gasteiger partial charge in [0, 0.05) is 18.7 Å². The smallest absolute Gasteiger partial charge is 0.122 e. The number of hydrogen-bond acceptors (Lipinski definition) is 2. The van der Waals surface area contributed by atoms with Crippen LogP contribution in [-0.2, 0) is 13.0 Å². The second-order valence-electron chi connectivity index (χ2n) is 6.93. The van der Waals surface area contributed by atoms with Crippen LogP contribution in [0, 0.1) is 18.3 Å². The summed E-state index contributed by atoms with van der Waals surface area (Å²) in [5, 5.41) is 12.0. The maximum atomic E-state index is 9.62. The molecule has 0 unspecified atom stereocenters. The van der Waals surface area contributed by atoms with Crippen molar-refractivity contribution in [1.82, 2.24) is 4.57 Å². The molecule has 0 aliphatic heterocycles. The van der Waals surface area contributed by atoms with E-state index in [1.807, 2.05) is 12.1 Å². The fourth-order valence-corrected chi connectivity index (χ4v) is 3.58. The third-order valence-electron chi connectivity index (χ3n) is 5.06. The largest absolute Gasteiger partial charge is 0.397 e. The molecule has 0 aliphatic carbocycles. The Morgan fingerprint density at radius 1 is 0.963 bits per heavy atom. The first kappa shape index (κ1) is 16.9. The minimum Gasteiger partial charge on any atom is -0.397 e. The summed E-state index contributed by atoms with van der Waals surface area (Å²) >= 11 is 0. The molecule has 0 saturated heterocycles. The van der Waals surface area contributed by atoms with Crippen LogP contribution >= 0.6 is 0 Å². The zero-order valence-electron chi connectivity index (χ0n) is 15.3. The van der Waals surface area contributed by atoms with Gasteiger partial charge in [-0.2, -0.15) is 5.26 Å². The van der Waals surface area contributed by atoms with Gasteiger partial charge in [-0.1, -0.05) is 72.3 Å². The van der Waals surface area contributed by atoms with Gasteiger partial charge in [-0.15, -0.1) is 0 Å². The van der Waals surface area contributed by atoms with Crippen LogP contribution in [0.2, 0.25) is 0 Å². The lowest BCUT2D eigenvalue weighted by Crippen LogP contribution is -2.09. The van der Waals surface area contributed by atoms with Gasteiger partial charge < -0.3 is 10.3 Å². The Balaban J connectivity index is 1.77. The summed E-state index contributed by atoms with van der Waals surface area (Å²) in [6, 6.07) is 27.2. The lowest BCUT2D eigenvalue weighted by molar-refractivity contribution is 0.753. The molecule has 3 aromatic carbocycles. The van der Waals surface area contributed by atoms with E-state index in [1.165, 1.54) is 27.5 Å². The first-order valence-corrected chi connectivity index (χ1v) is 9.06. The zero-order chi connectivity index (χ0) is 18.8. The molecule has 0 radical (unpaired) electrons. The van der Waals surface area contributed by atoms with Gasteiger partial charge in [0.25, 0.3) is 0 Å². The number of aromatic nitrogens is 1. The number of fused-ring (bicyclic) bond motifs is 1. The molecule has 0 fully saturated rings. The highest BCUT2D eigenvalue weighted by Gasteiger charge is 2.15. The van der Waals surface area contributed by atoms with Crippen molar-refractivity contribution in [2.75, 3.05) is 5.73 Å². The fraction of sp³-hybridized carbons (Fsp3) is 0.125. The van der Waals surface area contributed by atoms with Gasteiger partial charge in [-0.05, 0) is 34.9 Å². The average Bonchev–Trinajstić information content (AvgIpc) is 2.99. The van der Waals surface area contributed by atoms with Gasteiger partial charge in [0.2, 0.25) is 0 Å². The number of aryl methyl sites for hydroxylation is 1. The normalized spacial score (nSPS) is 10.8. The van der Waals surface area contributed by atoms with Crippen LogP contribution in [0.5, 0.6) is 0 Å². The number of anilines is 1. The second kappa shape index (κ2) is 7.01. The molecule has 3 nitrogen and oxygen atoms in total. The first-order valence-electron chi connectivity index (χ1n) is 9.06. The Kier molecular flexibility index (Phi) is 4.40. The number of nitrogens with zero attached hydrogens (tertiary/aromatic N) is 2. The van der Waals surface area contributed by atoms with Crippen molar-refractivity contribution in [3.8, 4) is 6.07 Å². The van der Waals surface area contributed by atoms with Gasteiger partial charge in [-0.25, -0.2) is 0 Å². The summed E-state index contributed by atoms with van der Waals surface area (Å²) in [5.74, 6) is 0. The zero-order valence-corrected chi connectivity index (χ0v) is 15.3. The number of nitrogens with two attached hydrogens (primary N) is 1. The summed E-state index contributed by atoms with van der Waals surface area (Å²) in [7, 11) is 0. The van der Waals surface area contributed by atoms with Crippen molar-refractivity contribution >= 4 is 16.5 Å². The molecule has 0 spiro atoms. The Hall–Kier alpha value is -3.51. The molecule has 4 aromatic rings. The third kappa shape index (κ3) is 3.30. The van der Waals surface area contributed by atoms with E-state index in [0.717, 1.165) is 5.69 Å². The highest BCUT2D eigenvalue weighted by atomic mass is 15.0. The molecule has 0 amide bonds. The number of nitrogen functional groups attached to an aromatic ring is 1. The highest BCUT2D eigenvalue weighted by Crippen LogP contribution is 2.26. The highest BCUT2D eigenvalue weighted by molar-refractivity contribution is 5.85. The van der Waals surface area contributed by atoms with E-state index in [-0.39, 0.29) is 0 Å². The van der Waals surface area contributed by atoms with Gasteiger partial charge in [0.05, 0.1) is 5.69 Å². The molecule has 0 bridgehead atoms. The van der Waals surface area contributed by atoms with Crippen molar-refractivity contribution in [3.05, 3.63) is 101 Å².